The molecular formula is C57H35N5O. The van der Waals surface area contributed by atoms with E-state index in [0.29, 0.717) is 17.5 Å². The molecule has 6 heteroatoms. The second-order valence-corrected chi connectivity index (χ2v) is 16.0. The molecule has 0 radical (unpaired) electrons. The first-order valence-electron chi connectivity index (χ1n) is 21.2. The van der Waals surface area contributed by atoms with Crippen molar-refractivity contribution in [3.63, 3.8) is 0 Å². The highest BCUT2D eigenvalue weighted by molar-refractivity contribution is 6.26. The molecule has 63 heavy (non-hydrogen) atoms. The minimum Gasteiger partial charge on any atom is -0.456 e. The third-order valence-electron chi connectivity index (χ3n) is 12.3. The molecule has 0 spiro atoms. The molecule has 0 aliphatic rings. The fourth-order valence-electron chi connectivity index (χ4n) is 9.49. The van der Waals surface area contributed by atoms with E-state index in [0.717, 1.165) is 61.0 Å². The first-order valence-corrected chi connectivity index (χ1v) is 21.2. The number of furan rings is 1. The lowest BCUT2D eigenvalue weighted by Gasteiger charge is -2.12. The van der Waals surface area contributed by atoms with Crippen LogP contribution in [-0.2, 0) is 0 Å². The summed E-state index contributed by atoms with van der Waals surface area (Å²) in [4.78, 5) is 15.0. The molecule has 294 valence electrons. The Balaban J connectivity index is 1.02. The minimum absolute atomic E-state index is 0.603. The molecule has 0 fully saturated rings. The van der Waals surface area contributed by atoms with Gasteiger partial charge in [0, 0.05) is 60.4 Å². The van der Waals surface area contributed by atoms with Crippen LogP contribution in [0.25, 0.3) is 122 Å². The van der Waals surface area contributed by atoms with Crippen LogP contribution >= 0.6 is 0 Å². The third-order valence-corrected chi connectivity index (χ3v) is 12.3. The Bertz CT molecular complexity index is 3850. The number of para-hydroxylation sites is 2. The van der Waals surface area contributed by atoms with Crippen LogP contribution in [0.5, 0.6) is 0 Å². The lowest BCUT2D eigenvalue weighted by molar-refractivity contribution is 0.669. The maximum Gasteiger partial charge on any atom is 0.164 e. The number of aromatic nitrogens is 5. The molecule has 4 heterocycles. The Labute approximate surface area is 361 Å². The van der Waals surface area contributed by atoms with Crippen molar-refractivity contribution in [3.8, 4) is 56.7 Å². The van der Waals surface area contributed by atoms with Crippen LogP contribution in [0, 0.1) is 0 Å². The summed E-state index contributed by atoms with van der Waals surface area (Å²) in [7, 11) is 0. The van der Waals surface area contributed by atoms with Crippen LogP contribution in [0.3, 0.4) is 0 Å². The molecule has 13 rings (SSSR count). The predicted molar refractivity (Wildman–Crippen MR) is 258 cm³/mol. The van der Waals surface area contributed by atoms with Gasteiger partial charge < -0.3 is 13.6 Å². The van der Waals surface area contributed by atoms with E-state index in [1.54, 1.807) is 0 Å². The van der Waals surface area contributed by atoms with Crippen LogP contribution in [0.1, 0.15) is 0 Å². The molecule has 0 N–H and O–H groups in total. The van der Waals surface area contributed by atoms with E-state index >= 15 is 0 Å². The maximum atomic E-state index is 6.51. The maximum absolute atomic E-state index is 6.51. The highest BCUT2D eigenvalue weighted by Crippen LogP contribution is 2.43. The van der Waals surface area contributed by atoms with Crippen LogP contribution in [0.4, 0.5) is 0 Å². The highest BCUT2D eigenvalue weighted by Gasteiger charge is 2.22. The summed E-state index contributed by atoms with van der Waals surface area (Å²) in [5.41, 5.74) is 13.5. The first kappa shape index (κ1) is 35.2. The van der Waals surface area contributed by atoms with E-state index in [2.05, 4.69) is 149 Å². The molecule has 0 aliphatic carbocycles. The number of hydrogen-bond acceptors (Lipinski definition) is 4. The molecule has 0 bridgehead atoms. The zero-order valence-electron chi connectivity index (χ0n) is 33.9. The van der Waals surface area contributed by atoms with E-state index in [-0.39, 0.29) is 0 Å². The average Bonchev–Trinajstić information content (AvgIpc) is 4.02. The zero-order valence-corrected chi connectivity index (χ0v) is 33.9. The molecule has 0 atom stereocenters. The number of rotatable bonds is 6. The van der Waals surface area contributed by atoms with Gasteiger partial charge in [0.15, 0.2) is 17.5 Å². The molecule has 6 nitrogen and oxygen atoms in total. The minimum atomic E-state index is 0.603. The topological polar surface area (TPSA) is 61.7 Å². The number of benzene rings is 9. The van der Waals surface area contributed by atoms with Gasteiger partial charge in [0.25, 0.3) is 0 Å². The number of hydrogen-bond donors (Lipinski definition) is 0. The van der Waals surface area contributed by atoms with Crippen LogP contribution in [0.15, 0.2) is 217 Å². The fourth-order valence-corrected chi connectivity index (χ4v) is 9.49. The zero-order chi connectivity index (χ0) is 41.4. The van der Waals surface area contributed by atoms with E-state index in [4.69, 9.17) is 19.4 Å². The van der Waals surface area contributed by atoms with Crippen molar-refractivity contribution in [2.75, 3.05) is 0 Å². The van der Waals surface area contributed by atoms with Gasteiger partial charge in [-0.1, -0.05) is 146 Å². The monoisotopic (exact) mass is 805 g/mol. The molecule has 0 saturated carbocycles. The summed E-state index contributed by atoms with van der Waals surface area (Å²) < 4.78 is 11.4. The summed E-state index contributed by atoms with van der Waals surface area (Å²) >= 11 is 0. The summed E-state index contributed by atoms with van der Waals surface area (Å²) in [6.07, 6.45) is 0. The molecule has 9 aromatic carbocycles. The van der Waals surface area contributed by atoms with Gasteiger partial charge in [-0.25, -0.2) is 15.0 Å². The third kappa shape index (κ3) is 5.62. The largest absolute Gasteiger partial charge is 0.456 e. The second-order valence-electron chi connectivity index (χ2n) is 16.0. The van der Waals surface area contributed by atoms with Crippen molar-refractivity contribution in [2.24, 2.45) is 0 Å². The summed E-state index contributed by atoms with van der Waals surface area (Å²) in [5, 5.41) is 6.86. The summed E-state index contributed by atoms with van der Waals surface area (Å²) in [6, 6.07) is 74.6. The predicted octanol–water partition coefficient (Wildman–Crippen LogP) is 14.6. The van der Waals surface area contributed by atoms with Crippen LogP contribution in [0.2, 0.25) is 0 Å². The average molecular weight is 806 g/mol. The Morgan fingerprint density at radius 1 is 0.302 bits per heavy atom. The molecule has 13 aromatic rings. The van der Waals surface area contributed by atoms with E-state index < -0.39 is 0 Å². The Kier molecular flexibility index (Phi) is 7.80. The second kappa shape index (κ2) is 14.0. The first-order chi connectivity index (χ1) is 31.2. The van der Waals surface area contributed by atoms with Gasteiger partial charge in [0.2, 0.25) is 0 Å². The molecule has 0 saturated heterocycles. The smallest absolute Gasteiger partial charge is 0.164 e. The summed E-state index contributed by atoms with van der Waals surface area (Å²) in [6.45, 7) is 0. The van der Waals surface area contributed by atoms with Crippen LogP contribution in [-0.4, -0.2) is 24.1 Å². The normalized spacial score (nSPS) is 11.8. The van der Waals surface area contributed by atoms with Crippen molar-refractivity contribution in [3.05, 3.63) is 212 Å². The highest BCUT2D eigenvalue weighted by atomic mass is 16.3. The van der Waals surface area contributed by atoms with Crippen molar-refractivity contribution >= 4 is 65.6 Å². The standard InChI is InChI=1S/C57H35N5O/c1-4-15-36(16-5-1)39-21-14-22-41(33-39)62-48-25-12-10-23-43(48)44-29-30-50-53(54(44)62)45-24-11-13-26-49(45)61(50)42-28-32-52-47(35-42)46-34-40(27-31-51(46)63-52)57-59-55(37-17-6-2-7-18-37)58-56(60-57)38-19-8-3-9-20-38/h1-35H. The van der Waals surface area contributed by atoms with Gasteiger partial charge in [-0.15, -0.1) is 0 Å². The molecule has 4 aromatic heterocycles. The molecular weight excluding hydrogens is 771 g/mol. The Hall–Kier alpha value is -8.61. The summed E-state index contributed by atoms with van der Waals surface area (Å²) in [5.74, 6) is 1.86. The van der Waals surface area contributed by atoms with Gasteiger partial charge in [0.05, 0.1) is 22.1 Å². The van der Waals surface area contributed by atoms with Gasteiger partial charge in [-0.05, 0) is 77.9 Å². The Morgan fingerprint density at radius 3 is 1.54 bits per heavy atom. The van der Waals surface area contributed by atoms with E-state index in [1.165, 1.54) is 43.7 Å². The van der Waals surface area contributed by atoms with Crippen molar-refractivity contribution in [1.82, 2.24) is 24.1 Å². The number of nitrogens with zero attached hydrogens (tertiary/aromatic N) is 5. The van der Waals surface area contributed by atoms with Gasteiger partial charge >= 0.3 is 0 Å². The quantitative estimate of drug-likeness (QED) is 0.168. The lowest BCUT2D eigenvalue weighted by Crippen LogP contribution is -2.00. The van der Waals surface area contributed by atoms with Crippen LogP contribution < -0.4 is 0 Å². The van der Waals surface area contributed by atoms with Crippen molar-refractivity contribution < 1.29 is 4.42 Å². The van der Waals surface area contributed by atoms with E-state index in [9.17, 15) is 0 Å². The van der Waals surface area contributed by atoms with Gasteiger partial charge in [-0.2, -0.15) is 0 Å². The molecule has 0 aliphatic heterocycles. The number of fused-ring (bicyclic) bond motifs is 10. The van der Waals surface area contributed by atoms with Gasteiger partial charge in [-0.3, -0.25) is 0 Å². The molecule has 0 amide bonds. The lowest BCUT2D eigenvalue weighted by atomic mass is 10.0. The SMILES string of the molecule is c1ccc(-c2cccc(-n3c4ccccc4c4ccc5c(c6ccccc6n5-c5ccc6oc7ccc(-c8nc(-c9ccccc9)nc(-c9ccccc9)n8)cc7c6c5)c43)c2)cc1. The molecule has 0 unspecified atom stereocenters. The van der Waals surface area contributed by atoms with Crippen molar-refractivity contribution in [1.29, 1.82) is 0 Å². The Morgan fingerprint density at radius 2 is 0.841 bits per heavy atom. The van der Waals surface area contributed by atoms with E-state index in [1.807, 2.05) is 72.8 Å². The fraction of sp³-hybridized carbons (Fsp3) is 0. The van der Waals surface area contributed by atoms with Gasteiger partial charge in [0.1, 0.15) is 11.2 Å². The van der Waals surface area contributed by atoms with Crippen molar-refractivity contribution in [2.45, 2.75) is 0 Å².